The first-order chi connectivity index (χ1) is 6.57. The molecule has 1 rings (SSSR count). The van der Waals surface area contributed by atoms with Gasteiger partial charge < -0.3 is 14.7 Å². The van der Waals surface area contributed by atoms with Crippen LogP contribution in [0.3, 0.4) is 0 Å². The number of hydrogen-bond donors (Lipinski definition) is 1. The first kappa shape index (κ1) is 10.5. The predicted molar refractivity (Wildman–Crippen MR) is 44.4 cm³/mol. The molecule has 1 fully saturated rings. The van der Waals surface area contributed by atoms with Gasteiger partial charge in [0.1, 0.15) is 6.04 Å². The van der Waals surface area contributed by atoms with E-state index in [-0.39, 0.29) is 0 Å². The number of amides is 1. The number of hydrogen-bond acceptors (Lipinski definition) is 4. The molecule has 1 aliphatic rings. The van der Waals surface area contributed by atoms with E-state index in [0.29, 0.717) is 19.4 Å². The minimum Gasteiger partial charge on any atom is -0.474 e. The maximum absolute atomic E-state index is 11.1. The standard InChI is InChI=1S/C8H11NO5/c1-14-8(13)5-3-2-4-9(5)6(10)7(11)12/h5H,2-4H2,1H3,(H,11,12). The largest absolute Gasteiger partial charge is 0.474 e. The second kappa shape index (κ2) is 4.08. The summed E-state index contributed by atoms with van der Waals surface area (Å²) in [5, 5.41) is 8.47. The minimum atomic E-state index is -1.54. The van der Waals surface area contributed by atoms with Crippen molar-refractivity contribution in [1.82, 2.24) is 4.90 Å². The molecule has 0 bridgehead atoms. The molecule has 1 aliphatic heterocycles. The van der Waals surface area contributed by atoms with Gasteiger partial charge in [0.05, 0.1) is 7.11 Å². The summed E-state index contributed by atoms with van der Waals surface area (Å²) in [6.45, 7) is 0.297. The molecule has 1 amide bonds. The lowest BCUT2D eigenvalue weighted by atomic mass is 10.2. The summed E-state index contributed by atoms with van der Waals surface area (Å²) in [6.07, 6.45) is 1.09. The molecule has 1 heterocycles. The van der Waals surface area contributed by atoms with Gasteiger partial charge in [-0.25, -0.2) is 9.59 Å². The molecule has 0 radical (unpaired) electrons. The zero-order chi connectivity index (χ0) is 10.7. The van der Waals surface area contributed by atoms with Gasteiger partial charge in [-0.05, 0) is 12.8 Å². The van der Waals surface area contributed by atoms with Crippen LogP contribution in [0.25, 0.3) is 0 Å². The molecule has 0 spiro atoms. The molecule has 6 heteroatoms. The Balaban J connectivity index is 2.73. The highest BCUT2D eigenvalue weighted by Crippen LogP contribution is 2.18. The molecule has 78 valence electrons. The normalized spacial score (nSPS) is 20.6. The number of carboxylic acid groups (broad SMARTS) is 1. The number of likely N-dealkylation sites (tertiary alicyclic amines) is 1. The molecule has 1 N–H and O–H groups in total. The number of methoxy groups -OCH3 is 1. The Morgan fingerprint density at radius 2 is 2.07 bits per heavy atom. The topological polar surface area (TPSA) is 83.9 Å². The Morgan fingerprint density at radius 1 is 1.43 bits per heavy atom. The van der Waals surface area contributed by atoms with Crippen LogP contribution in [0, 0.1) is 0 Å². The average molecular weight is 201 g/mol. The molecule has 0 aromatic rings. The second-order valence-electron chi connectivity index (χ2n) is 2.98. The molecule has 1 unspecified atom stereocenters. The lowest BCUT2D eigenvalue weighted by molar-refractivity contribution is -0.160. The summed E-state index contributed by atoms with van der Waals surface area (Å²) in [5.74, 6) is -3.14. The van der Waals surface area contributed by atoms with Crippen molar-refractivity contribution in [1.29, 1.82) is 0 Å². The number of esters is 1. The van der Waals surface area contributed by atoms with Crippen LogP contribution in [0.4, 0.5) is 0 Å². The molecule has 14 heavy (non-hydrogen) atoms. The van der Waals surface area contributed by atoms with E-state index < -0.39 is 23.9 Å². The fraction of sp³-hybridized carbons (Fsp3) is 0.625. The zero-order valence-corrected chi connectivity index (χ0v) is 7.73. The third kappa shape index (κ3) is 1.84. The lowest BCUT2D eigenvalue weighted by Crippen LogP contribution is -2.44. The number of carbonyl (C=O) groups excluding carboxylic acids is 2. The van der Waals surface area contributed by atoms with Crippen molar-refractivity contribution in [2.45, 2.75) is 18.9 Å². The van der Waals surface area contributed by atoms with Crippen LogP contribution in [0.15, 0.2) is 0 Å². The summed E-state index contributed by atoms with van der Waals surface area (Å²) in [7, 11) is 1.21. The number of rotatable bonds is 1. The van der Waals surface area contributed by atoms with Crippen LogP contribution in [0.2, 0.25) is 0 Å². The first-order valence-corrected chi connectivity index (χ1v) is 4.19. The number of nitrogens with zero attached hydrogens (tertiary/aromatic N) is 1. The van der Waals surface area contributed by atoms with E-state index in [4.69, 9.17) is 5.11 Å². The van der Waals surface area contributed by atoms with E-state index in [1.165, 1.54) is 7.11 Å². The van der Waals surface area contributed by atoms with Crippen molar-refractivity contribution in [3.05, 3.63) is 0 Å². The fourth-order valence-electron chi connectivity index (χ4n) is 1.51. The van der Waals surface area contributed by atoms with Gasteiger partial charge in [-0.1, -0.05) is 0 Å². The van der Waals surface area contributed by atoms with Gasteiger partial charge in [0.15, 0.2) is 0 Å². The highest BCUT2D eigenvalue weighted by atomic mass is 16.5. The van der Waals surface area contributed by atoms with Gasteiger partial charge in [-0.15, -0.1) is 0 Å². The van der Waals surface area contributed by atoms with Crippen molar-refractivity contribution in [2.75, 3.05) is 13.7 Å². The molecular formula is C8H11NO5. The second-order valence-corrected chi connectivity index (χ2v) is 2.98. The Morgan fingerprint density at radius 3 is 2.57 bits per heavy atom. The van der Waals surface area contributed by atoms with Gasteiger partial charge in [-0.2, -0.15) is 0 Å². The summed E-state index contributed by atoms with van der Waals surface area (Å²) in [6, 6.07) is -0.733. The van der Waals surface area contributed by atoms with Crippen LogP contribution in [-0.4, -0.2) is 47.5 Å². The van der Waals surface area contributed by atoms with Crippen LogP contribution in [0.1, 0.15) is 12.8 Å². The number of carboxylic acids is 1. The Hall–Kier alpha value is -1.59. The third-order valence-corrected chi connectivity index (χ3v) is 2.17. The molecule has 6 nitrogen and oxygen atoms in total. The number of carbonyl (C=O) groups is 3. The maximum atomic E-state index is 11.1. The summed E-state index contributed by atoms with van der Waals surface area (Å²) in [5.41, 5.74) is 0. The molecule has 0 aromatic carbocycles. The summed E-state index contributed by atoms with van der Waals surface area (Å²) in [4.78, 5) is 33.7. The Bertz CT molecular complexity index is 275. The first-order valence-electron chi connectivity index (χ1n) is 4.19. The highest BCUT2D eigenvalue weighted by molar-refractivity contribution is 6.31. The van der Waals surface area contributed by atoms with Crippen LogP contribution in [-0.2, 0) is 19.1 Å². The smallest absolute Gasteiger partial charge is 0.394 e. The highest BCUT2D eigenvalue weighted by Gasteiger charge is 2.37. The van der Waals surface area contributed by atoms with Crippen LogP contribution in [0.5, 0.6) is 0 Å². The van der Waals surface area contributed by atoms with Gasteiger partial charge in [-0.3, -0.25) is 4.79 Å². The Kier molecular flexibility index (Phi) is 3.06. The molecular weight excluding hydrogens is 190 g/mol. The van der Waals surface area contributed by atoms with Crippen molar-refractivity contribution in [2.24, 2.45) is 0 Å². The average Bonchev–Trinajstić information content (AvgIpc) is 2.63. The van der Waals surface area contributed by atoms with Gasteiger partial charge in [0, 0.05) is 6.54 Å². The summed E-state index contributed by atoms with van der Waals surface area (Å²) >= 11 is 0. The van der Waals surface area contributed by atoms with Crippen molar-refractivity contribution in [3.63, 3.8) is 0 Å². The van der Waals surface area contributed by atoms with E-state index in [1.807, 2.05) is 0 Å². The maximum Gasteiger partial charge on any atom is 0.394 e. The van der Waals surface area contributed by atoms with Crippen molar-refractivity contribution in [3.8, 4) is 0 Å². The van der Waals surface area contributed by atoms with E-state index in [1.54, 1.807) is 0 Å². The molecule has 0 aromatic heterocycles. The van der Waals surface area contributed by atoms with Crippen molar-refractivity contribution >= 4 is 17.8 Å². The van der Waals surface area contributed by atoms with Gasteiger partial charge in [0.25, 0.3) is 0 Å². The fourth-order valence-corrected chi connectivity index (χ4v) is 1.51. The Labute approximate surface area is 80.4 Å². The number of ether oxygens (including phenoxy) is 1. The van der Waals surface area contributed by atoms with E-state index in [0.717, 1.165) is 4.90 Å². The zero-order valence-electron chi connectivity index (χ0n) is 7.73. The number of aliphatic carboxylic acids is 1. The van der Waals surface area contributed by atoms with Crippen molar-refractivity contribution < 1.29 is 24.2 Å². The van der Waals surface area contributed by atoms with Crippen LogP contribution < -0.4 is 0 Å². The van der Waals surface area contributed by atoms with Gasteiger partial charge >= 0.3 is 17.8 Å². The van der Waals surface area contributed by atoms with E-state index >= 15 is 0 Å². The third-order valence-electron chi connectivity index (χ3n) is 2.17. The molecule has 0 saturated carbocycles. The van der Waals surface area contributed by atoms with E-state index in [9.17, 15) is 14.4 Å². The monoisotopic (exact) mass is 201 g/mol. The quantitative estimate of drug-likeness (QED) is 0.445. The van der Waals surface area contributed by atoms with Crippen LogP contribution >= 0.6 is 0 Å². The minimum absolute atomic E-state index is 0.297. The SMILES string of the molecule is COC(=O)C1CCCN1C(=O)C(=O)O. The summed E-state index contributed by atoms with van der Waals surface area (Å²) < 4.78 is 4.47. The molecule has 1 saturated heterocycles. The molecule has 0 aliphatic carbocycles. The predicted octanol–water partition coefficient (Wildman–Crippen LogP) is -0.765. The van der Waals surface area contributed by atoms with Gasteiger partial charge in [0.2, 0.25) is 0 Å². The van der Waals surface area contributed by atoms with E-state index in [2.05, 4.69) is 4.74 Å². The molecule has 1 atom stereocenters. The lowest BCUT2D eigenvalue weighted by Gasteiger charge is -2.20.